The molecule has 4 aromatic carbocycles. The van der Waals surface area contributed by atoms with E-state index in [2.05, 4.69) is 98.8 Å². The first-order valence-electron chi connectivity index (χ1n) is 16.1. The number of rotatable bonds is 6. The van der Waals surface area contributed by atoms with E-state index in [1.165, 1.54) is 84.0 Å². The number of fused-ring (bicyclic) bond motifs is 4. The molecule has 0 N–H and O–H groups in total. The van der Waals surface area contributed by atoms with Gasteiger partial charge in [-0.15, -0.1) is 0 Å². The zero-order valence-corrected chi connectivity index (χ0v) is 30.6. The Morgan fingerprint density at radius 3 is 1.45 bits per heavy atom. The molecular formula is C40H38Cl2SiZr. The van der Waals surface area contributed by atoms with Crippen LogP contribution < -0.4 is 0 Å². The van der Waals surface area contributed by atoms with E-state index in [1.807, 2.05) is 0 Å². The van der Waals surface area contributed by atoms with Crippen molar-refractivity contribution in [1.29, 1.82) is 0 Å². The van der Waals surface area contributed by atoms with E-state index in [0.717, 1.165) is 9.52 Å². The van der Waals surface area contributed by atoms with Crippen molar-refractivity contribution in [2.45, 2.75) is 76.3 Å². The third kappa shape index (κ3) is 5.64. The Morgan fingerprint density at radius 2 is 1.05 bits per heavy atom. The molecule has 0 nitrogen and oxygen atoms in total. The summed E-state index contributed by atoms with van der Waals surface area (Å²) < 4.78 is 0. The van der Waals surface area contributed by atoms with Gasteiger partial charge in [0, 0.05) is 21.4 Å². The van der Waals surface area contributed by atoms with Crippen LogP contribution in [0.4, 0.5) is 0 Å². The SMILES string of the molecule is CC1=Cc2c(cc3c(c2-c2ccccc2)CCC3)C1C[Si]CC1C(C)=Cc2c1cc1c(c2-c2ccccc2)CCC1.[Cl][Zr][Cl]. The van der Waals surface area contributed by atoms with Crippen LogP contribution in [0.1, 0.15) is 83.0 Å². The molecule has 0 saturated heterocycles. The first-order chi connectivity index (χ1) is 21.6. The van der Waals surface area contributed by atoms with Crippen molar-refractivity contribution >= 4 is 38.7 Å². The molecule has 220 valence electrons. The quantitative estimate of drug-likeness (QED) is 0.175. The van der Waals surface area contributed by atoms with Crippen molar-refractivity contribution in [2.24, 2.45) is 0 Å². The summed E-state index contributed by atoms with van der Waals surface area (Å²) in [5, 5.41) is 0. The number of benzene rings is 4. The summed E-state index contributed by atoms with van der Waals surface area (Å²) >= 11 is -0.826. The van der Waals surface area contributed by atoms with Crippen LogP contribution in [-0.2, 0) is 46.5 Å². The van der Waals surface area contributed by atoms with Crippen LogP contribution in [0, 0.1) is 0 Å². The summed E-state index contributed by atoms with van der Waals surface area (Å²) in [5.41, 5.74) is 21.7. The van der Waals surface area contributed by atoms with Gasteiger partial charge in [-0.1, -0.05) is 108 Å². The van der Waals surface area contributed by atoms with Crippen LogP contribution >= 0.6 is 17.0 Å². The van der Waals surface area contributed by atoms with Crippen LogP contribution in [0.3, 0.4) is 0 Å². The maximum atomic E-state index is 4.93. The molecule has 0 heterocycles. The summed E-state index contributed by atoms with van der Waals surface area (Å²) in [5.74, 6) is 1.14. The fourth-order valence-electron chi connectivity index (χ4n) is 8.39. The monoisotopic (exact) mass is 706 g/mol. The average Bonchev–Trinajstić information content (AvgIpc) is 3.82. The molecule has 4 heteroatoms. The molecule has 0 amide bonds. The molecule has 4 aliphatic carbocycles. The summed E-state index contributed by atoms with van der Waals surface area (Å²) in [4.78, 5) is 0. The average molecular weight is 709 g/mol. The van der Waals surface area contributed by atoms with E-state index >= 15 is 0 Å². The van der Waals surface area contributed by atoms with Crippen LogP contribution in [0.2, 0.25) is 12.1 Å². The van der Waals surface area contributed by atoms with E-state index in [-0.39, 0.29) is 0 Å². The number of allylic oxidation sites excluding steroid dienone is 2. The van der Waals surface area contributed by atoms with Crippen LogP contribution in [-0.4, -0.2) is 9.52 Å². The van der Waals surface area contributed by atoms with Gasteiger partial charge in [0.05, 0.1) is 0 Å². The van der Waals surface area contributed by atoms with Gasteiger partial charge in [0.25, 0.3) is 0 Å². The van der Waals surface area contributed by atoms with Gasteiger partial charge in [0.2, 0.25) is 0 Å². The molecule has 0 aromatic heterocycles. The second-order valence-corrected chi connectivity index (χ2v) is 17.9. The van der Waals surface area contributed by atoms with Gasteiger partial charge in [-0.3, -0.25) is 0 Å². The van der Waals surface area contributed by atoms with Gasteiger partial charge >= 0.3 is 37.9 Å². The van der Waals surface area contributed by atoms with Crippen molar-refractivity contribution in [1.82, 2.24) is 0 Å². The molecule has 2 radical (unpaired) electrons. The van der Waals surface area contributed by atoms with Crippen molar-refractivity contribution in [3.05, 3.63) is 128 Å². The Hall–Kier alpha value is -1.96. The molecule has 4 aromatic rings. The topological polar surface area (TPSA) is 0 Å². The molecule has 8 rings (SSSR count). The van der Waals surface area contributed by atoms with Gasteiger partial charge in [-0.05, 0) is 119 Å². The minimum atomic E-state index is -0.826. The van der Waals surface area contributed by atoms with E-state index in [9.17, 15) is 0 Å². The summed E-state index contributed by atoms with van der Waals surface area (Å²) in [6, 6.07) is 30.1. The number of halogens is 2. The Bertz CT molecular complexity index is 1630. The Kier molecular flexibility index (Phi) is 9.35. The predicted molar refractivity (Wildman–Crippen MR) is 188 cm³/mol. The standard InChI is InChI=1S/C40H38Si.2ClH.Zr/c1-25-19-35-33(21-29-15-9-17-31(29)39(35)27-11-5-3-6-12-27)37(25)23-41-24-38-26(2)20-36-34(38)22-30-16-10-18-32(30)40(36)28-13-7-4-8-14-28;;;/h3-8,11-14,19-22,37-38H,9-10,15-18,23-24H2,1-2H3;2*1H;/q;;;+2/p-2. The van der Waals surface area contributed by atoms with Gasteiger partial charge in [-0.2, -0.15) is 0 Å². The molecular weight excluding hydrogens is 671 g/mol. The third-order valence-electron chi connectivity index (χ3n) is 10.4. The first-order valence-corrected chi connectivity index (χ1v) is 23.8. The van der Waals surface area contributed by atoms with Gasteiger partial charge in [0.1, 0.15) is 0 Å². The molecule has 0 spiro atoms. The molecule has 0 fully saturated rings. The molecule has 2 atom stereocenters. The summed E-state index contributed by atoms with van der Waals surface area (Å²) in [7, 11) is 10.8. The molecule has 0 aliphatic heterocycles. The molecule has 44 heavy (non-hydrogen) atoms. The summed E-state index contributed by atoms with van der Waals surface area (Å²) in [6.07, 6.45) is 12.6. The van der Waals surface area contributed by atoms with Crippen molar-refractivity contribution in [3.8, 4) is 22.3 Å². The zero-order chi connectivity index (χ0) is 30.2. The maximum absolute atomic E-state index is 4.93. The normalized spacial score (nSPS) is 18.9. The van der Waals surface area contributed by atoms with Crippen molar-refractivity contribution in [3.63, 3.8) is 0 Å². The van der Waals surface area contributed by atoms with E-state index in [1.54, 1.807) is 44.5 Å². The zero-order valence-electron chi connectivity index (χ0n) is 25.7. The first kappa shape index (κ1) is 30.7. The molecule has 0 saturated carbocycles. The number of hydrogen-bond donors (Lipinski definition) is 0. The Balaban J connectivity index is 0.00000100. The minimum absolute atomic E-state index is 0.571. The van der Waals surface area contributed by atoms with Crippen molar-refractivity contribution in [2.75, 3.05) is 0 Å². The third-order valence-corrected chi connectivity index (χ3v) is 11.8. The molecule has 0 bridgehead atoms. The molecule has 2 unspecified atom stereocenters. The second-order valence-electron chi connectivity index (χ2n) is 12.8. The van der Waals surface area contributed by atoms with E-state index in [4.69, 9.17) is 17.0 Å². The van der Waals surface area contributed by atoms with Crippen LogP contribution in [0.25, 0.3) is 34.4 Å². The van der Waals surface area contributed by atoms with Crippen LogP contribution in [0.5, 0.6) is 0 Å². The van der Waals surface area contributed by atoms with Gasteiger partial charge in [-0.25, -0.2) is 0 Å². The fraction of sp³-hybridized carbons (Fsp3) is 0.300. The Morgan fingerprint density at radius 1 is 0.636 bits per heavy atom. The number of hydrogen-bond acceptors (Lipinski definition) is 0. The fourth-order valence-corrected chi connectivity index (χ4v) is 10.2. The second kappa shape index (κ2) is 13.4. The van der Waals surface area contributed by atoms with Crippen LogP contribution in [0.15, 0.2) is 83.9 Å². The van der Waals surface area contributed by atoms with Crippen molar-refractivity contribution < 1.29 is 20.8 Å². The predicted octanol–water partition coefficient (Wildman–Crippen LogP) is 11.6. The van der Waals surface area contributed by atoms with E-state index in [0.29, 0.717) is 11.8 Å². The van der Waals surface area contributed by atoms with Gasteiger partial charge in [0.15, 0.2) is 0 Å². The summed E-state index contributed by atoms with van der Waals surface area (Å²) in [6.45, 7) is 4.78. The van der Waals surface area contributed by atoms with E-state index < -0.39 is 20.8 Å². The van der Waals surface area contributed by atoms with Gasteiger partial charge < -0.3 is 0 Å². The Labute approximate surface area is 284 Å². The number of aryl methyl sites for hydroxylation is 2. The molecule has 4 aliphatic rings.